The van der Waals surface area contributed by atoms with Crippen molar-refractivity contribution < 1.29 is 13.5 Å². The SMILES string of the molecule is COCCNCCc1cc(Nc2ncc3c(n2)-c2ccccc2C(c2ccccc2F)C3)ccc1F.Cl. The number of benzene rings is 3. The highest BCUT2D eigenvalue weighted by Gasteiger charge is 2.29. The van der Waals surface area contributed by atoms with Gasteiger partial charge in [-0.25, -0.2) is 18.7 Å². The molecule has 5 rings (SSSR count). The van der Waals surface area contributed by atoms with Gasteiger partial charge in [0, 0.05) is 37.0 Å². The average molecular weight is 523 g/mol. The predicted octanol–water partition coefficient (Wildman–Crippen LogP) is 6.05. The van der Waals surface area contributed by atoms with Crippen LogP contribution in [-0.4, -0.2) is 36.8 Å². The fourth-order valence-corrected chi connectivity index (χ4v) is 4.73. The molecule has 0 saturated carbocycles. The molecular weight excluding hydrogens is 494 g/mol. The quantitative estimate of drug-likeness (QED) is 0.262. The second-order valence-corrected chi connectivity index (χ2v) is 8.86. The van der Waals surface area contributed by atoms with Gasteiger partial charge in [0.05, 0.1) is 12.3 Å². The lowest BCUT2D eigenvalue weighted by molar-refractivity contribution is 0.199. The Morgan fingerprint density at radius 1 is 0.946 bits per heavy atom. The number of nitrogens with zero attached hydrogens (tertiary/aromatic N) is 2. The number of ether oxygens (including phenoxy) is 1. The third-order valence-corrected chi connectivity index (χ3v) is 6.52. The Morgan fingerprint density at radius 3 is 2.54 bits per heavy atom. The molecule has 1 aliphatic rings. The highest BCUT2D eigenvalue weighted by Crippen LogP contribution is 2.42. The molecule has 0 radical (unpaired) electrons. The second-order valence-electron chi connectivity index (χ2n) is 8.86. The molecule has 8 heteroatoms. The molecule has 1 heterocycles. The summed E-state index contributed by atoms with van der Waals surface area (Å²) in [7, 11) is 1.65. The van der Waals surface area contributed by atoms with E-state index in [2.05, 4.69) is 15.6 Å². The first kappa shape index (κ1) is 26.7. The van der Waals surface area contributed by atoms with Crippen LogP contribution in [0.3, 0.4) is 0 Å². The Hall–Kier alpha value is -3.39. The largest absolute Gasteiger partial charge is 0.383 e. The molecule has 0 fully saturated rings. The highest BCUT2D eigenvalue weighted by molar-refractivity contribution is 5.85. The molecule has 0 saturated heterocycles. The number of halogens is 3. The van der Waals surface area contributed by atoms with Crippen LogP contribution in [0.4, 0.5) is 20.4 Å². The van der Waals surface area contributed by atoms with Gasteiger partial charge in [0.25, 0.3) is 0 Å². The molecule has 0 aliphatic heterocycles. The molecule has 37 heavy (non-hydrogen) atoms. The van der Waals surface area contributed by atoms with Crippen LogP contribution >= 0.6 is 12.4 Å². The predicted molar refractivity (Wildman–Crippen MR) is 145 cm³/mol. The summed E-state index contributed by atoms with van der Waals surface area (Å²) >= 11 is 0. The van der Waals surface area contributed by atoms with E-state index in [-0.39, 0.29) is 30.0 Å². The monoisotopic (exact) mass is 522 g/mol. The molecule has 2 N–H and O–H groups in total. The van der Waals surface area contributed by atoms with Gasteiger partial charge in [-0.15, -0.1) is 12.4 Å². The van der Waals surface area contributed by atoms with Gasteiger partial charge in [-0.2, -0.15) is 0 Å². The van der Waals surface area contributed by atoms with E-state index >= 15 is 0 Å². The van der Waals surface area contributed by atoms with Crippen molar-refractivity contribution in [3.8, 4) is 11.3 Å². The maximum atomic E-state index is 14.7. The molecule has 4 aromatic rings. The van der Waals surface area contributed by atoms with Crippen molar-refractivity contribution in [1.29, 1.82) is 0 Å². The van der Waals surface area contributed by atoms with Crippen LogP contribution in [0.25, 0.3) is 11.3 Å². The number of nitrogens with one attached hydrogen (secondary N) is 2. The number of aromatic nitrogens is 2. The van der Waals surface area contributed by atoms with Gasteiger partial charge in [0.15, 0.2) is 0 Å². The Morgan fingerprint density at radius 2 is 1.73 bits per heavy atom. The minimum atomic E-state index is -0.242. The van der Waals surface area contributed by atoms with Gasteiger partial charge in [0.1, 0.15) is 11.6 Å². The number of hydrogen-bond donors (Lipinski definition) is 2. The van der Waals surface area contributed by atoms with Crippen LogP contribution in [0.1, 0.15) is 28.2 Å². The maximum Gasteiger partial charge on any atom is 0.227 e. The van der Waals surface area contributed by atoms with Crippen molar-refractivity contribution in [2.45, 2.75) is 18.8 Å². The van der Waals surface area contributed by atoms with Crippen molar-refractivity contribution >= 4 is 24.0 Å². The number of fused-ring (bicyclic) bond motifs is 3. The van der Waals surface area contributed by atoms with E-state index in [1.807, 2.05) is 36.4 Å². The van der Waals surface area contributed by atoms with E-state index in [1.54, 1.807) is 31.5 Å². The summed E-state index contributed by atoms with van der Waals surface area (Å²) in [6.07, 6.45) is 2.98. The molecule has 0 amide bonds. The lowest BCUT2D eigenvalue weighted by atomic mass is 9.78. The lowest BCUT2D eigenvalue weighted by Crippen LogP contribution is -2.22. The van der Waals surface area contributed by atoms with Crippen LogP contribution in [0, 0.1) is 11.6 Å². The summed E-state index contributed by atoms with van der Waals surface area (Å²) in [4.78, 5) is 9.34. The summed E-state index contributed by atoms with van der Waals surface area (Å²) in [5.74, 6) is -0.118. The van der Waals surface area contributed by atoms with E-state index in [9.17, 15) is 8.78 Å². The zero-order valence-corrected chi connectivity index (χ0v) is 21.3. The van der Waals surface area contributed by atoms with Crippen LogP contribution in [0.15, 0.2) is 72.9 Å². The molecule has 1 unspecified atom stereocenters. The summed E-state index contributed by atoms with van der Waals surface area (Å²) < 4.78 is 34.0. The first-order valence-corrected chi connectivity index (χ1v) is 12.1. The van der Waals surface area contributed by atoms with E-state index in [0.717, 1.165) is 34.6 Å². The Bertz CT molecular complexity index is 1370. The minimum Gasteiger partial charge on any atom is -0.383 e. The molecule has 0 spiro atoms. The number of hydrogen-bond acceptors (Lipinski definition) is 5. The maximum absolute atomic E-state index is 14.7. The van der Waals surface area contributed by atoms with E-state index in [4.69, 9.17) is 9.72 Å². The van der Waals surface area contributed by atoms with E-state index in [1.165, 1.54) is 12.1 Å². The zero-order valence-electron chi connectivity index (χ0n) is 20.5. The molecular formula is C29H29ClF2N4O. The van der Waals surface area contributed by atoms with Crippen molar-refractivity contribution in [1.82, 2.24) is 15.3 Å². The average Bonchev–Trinajstić information content (AvgIpc) is 2.90. The fraction of sp³-hybridized carbons (Fsp3) is 0.241. The lowest BCUT2D eigenvalue weighted by Gasteiger charge is -2.27. The topological polar surface area (TPSA) is 59.1 Å². The number of methoxy groups -OCH3 is 1. The summed E-state index contributed by atoms with van der Waals surface area (Å²) in [5.41, 5.74) is 5.82. The first-order chi connectivity index (χ1) is 17.6. The minimum absolute atomic E-state index is 0. The zero-order chi connectivity index (χ0) is 24.9. The smallest absolute Gasteiger partial charge is 0.227 e. The van der Waals surface area contributed by atoms with Crippen LogP contribution in [0.5, 0.6) is 0 Å². The number of rotatable bonds is 9. The fourth-order valence-electron chi connectivity index (χ4n) is 4.73. The third-order valence-electron chi connectivity index (χ3n) is 6.52. The van der Waals surface area contributed by atoms with E-state index in [0.29, 0.717) is 43.1 Å². The molecule has 0 bridgehead atoms. The summed E-state index contributed by atoms with van der Waals surface area (Å²) in [6, 6.07) is 19.9. The second kappa shape index (κ2) is 12.2. The van der Waals surface area contributed by atoms with Gasteiger partial charge in [-0.3, -0.25) is 0 Å². The van der Waals surface area contributed by atoms with Gasteiger partial charge >= 0.3 is 0 Å². The van der Waals surface area contributed by atoms with Gasteiger partial charge < -0.3 is 15.4 Å². The van der Waals surface area contributed by atoms with Crippen molar-refractivity contribution in [2.24, 2.45) is 0 Å². The van der Waals surface area contributed by atoms with Crippen molar-refractivity contribution in [3.63, 3.8) is 0 Å². The molecule has 1 aliphatic carbocycles. The van der Waals surface area contributed by atoms with Crippen LogP contribution < -0.4 is 10.6 Å². The summed E-state index contributed by atoms with van der Waals surface area (Å²) in [5, 5.41) is 6.46. The van der Waals surface area contributed by atoms with E-state index < -0.39 is 0 Å². The Kier molecular flexibility index (Phi) is 8.82. The standard InChI is InChI=1S/C29H28F2N4O.ClH/c1-36-15-14-32-13-12-19-16-21(10-11-26(19)30)34-29-33-18-20-17-25(23-7-4-5-9-27(23)31)22-6-2-3-8-24(22)28(20)35-29;/h2-11,16,18,25,32H,12-15,17H2,1H3,(H,33,34,35);1H. The molecule has 192 valence electrons. The Balaban J connectivity index is 0.00000320. The van der Waals surface area contributed by atoms with Crippen molar-refractivity contribution in [3.05, 3.63) is 107 Å². The molecule has 5 nitrogen and oxygen atoms in total. The number of anilines is 2. The molecule has 1 atom stereocenters. The van der Waals surface area contributed by atoms with Crippen LogP contribution in [-0.2, 0) is 17.6 Å². The first-order valence-electron chi connectivity index (χ1n) is 12.1. The third kappa shape index (κ3) is 5.96. The Labute approximate surface area is 221 Å². The van der Waals surface area contributed by atoms with Crippen LogP contribution in [0.2, 0.25) is 0 Å². The summed E-state index contributed by atoms with van der Waals surface area (Å²) in [6.45, 7) is 1.99. The van der Waals surface area contributed by atoms with Gasteiger partial charge in [0.2, 0.25) is 5.95 Å². The van der Waals surface area contributed by atoms with Gasteiger partial charge in [-0.1, -0.05) is 42.5 Å². The molecule has 1 aromatic heterocycles. The highest BCUT2D eigenvalue weighted by atomic mass is 35.5. The normalized spacial score (nSPS) is 13.9. The molecule has 3 aromatic carbocycles. The van der Waals surface area contributed by atoms with Crippen molar-refractivity contribution in [2.75, 3.05) is 32.1 Å². The van der Waals surface area contributed by atoms with Gasteiger partial charge in [-0.05, 0) is 65.9 Å².